The Labute approximate surface area is 119 Å². The van der Waals surface area contributed by atoms with Crippen LogP contribution in [0.2, 0.25) is 0 Å². The minimum atomic E-state index is -0.146. The zero-order valence-electron chi connectivity index (χ0n) is 13.4. The van der Waals surface area contributed by atoms with E-state index in [4.69, 9.17) is 5.73 Å². The van der Waals surface area contributed by atoms with Gasteiger partial charge in [-0.2, -0.15) is 0 Å². The van der Waals surface area contributed by atoms with Crippen molar-refractivity contribution in [3.8, 4) is 0 Å². The Morgan fingerprint density at radius 2 is 1.89 bits per heavy atom. The van der Waals surface area contributed by atoms with Crippen LogP contribution in [0.15, 0.2) is 12.7 Å². The van der Waals surface area contributed by atoms with Crippen molar-refractivity contribution >= 4 is 5.91 Å². The summed E-state index contributed by atoms with van der Waals surface area (Å²) in [7, 11) is 0. The fraction of sp³-hybridized carbons (Fsp3) is 0.812. The van der Waals surface area contributed by atoms with Gasteiger partial charge in [0.1, 0.15) is 0 Å². The van der Waals surface area contributed by atoms with Crippen LogP contribution >= 0.6 is 0 Å². The third-order valence-electron chi connectivity index (χ3n) is 3.63. The van der Waals surface area contributed by atoms with E-state index >= 15 is 0 Å². The number of amides is 1. The van der Waals surface area contributed by atoms with Crippen LogP contribution < -0.4 is 5.73 Å². The third kappa shape index (κ3) is 6.76. The Morgan fingerprint density at radius 1 is 1.32 bits per heavy atom. The summed E-state index contributed by atoms with van der Waals surface area (Å²) in [6, 6.07) is 0. The fourth-order valence-corrected chi connectivity index (χ4v) is 2.35. The molecule has 1 atom stereocenters. The summed E-state index contributed by atoms with van der Waals surface area (Å²) in [5.41, 5.74) is 5.50. The highest BCUT2D eigenvalue weighted by Gasteiger charge is 2.25. The van der Waals surface area contributed by atoms with Gasteiger partial charge in [0, 0.05) is 18.5 Å². The molecule has 1 amide bonds. The molecule has 0 aromatic heterocycles. The predicted octanol–water partition coefficient (Wildman–Crippen LogP) is 3.20. The van der Waals surface area contributed by atoms with E-state index in [0.717, 1.165) is 12.8 Å². The molecule has 0 saturated carbocycles. The smallest absolute Gasteiger partial charge is 0.223 e. The summed E-state index contributed by atoms with van der Waals surface area (Å²) in [6.45, 7) is 15.7. The fourth-order valence-electron chi connectivity index (χ4n) is 2.35. The van der Waals surface area contributed by atoms with Crippen molar-refractivity contribution in [1.82, 2.24) is 4.90 Å². The van der Waals surface area contributed by atoms with Gasteiger partial charge in [0.05, 0.1) is 0 Å². The SMILES string of the molecule is C=CCN(C(=O)CCC(CCN)C(C)C)C(C)(C)C. The summed E-state index contributed by atoms with van der Waals surface area (Å²) in [5, 5.41) is 0. The molecular weight excluding hydrogens is 236 g/mol. The van der Waals surface area contributed by atoms with Gasteiger partial charge in [-0.15, -0.1) is 6.58 Å². The van der Waals surface area contributed by atoms with E-state index in [1.807, 2.05) is 4.90 Å². The zero-order valence-corrected chi connectivity index (χ0v) is 13.4. The number of carbonyl (C=O) groups is 1. The Kier molecular flexibility index (Phi) is 8.00. The number of hydrogen-bond donors (Lipinski definition) is 1. The average Bonchev–Trinajstić information content (AvgIpc) is 2.29. The molecule has 0 spiro atoms. The average molecular weight is 268 g/mol. The van der Waals surface area contributed by atoms with Gasteiger partial charge in [0.25, 0.3) is 0 Å². The van der Waals surface area contributed by atoms with Crippen molar-refractivity contribution in [2.24, 2.45) is 17.6 Å². The molecule has 0 aliphatic rings. The quantitative estimate of drug-likeness (QED) is 0.687. The largest absolute Gasteiger partial charge is 0.334 e. The Bertz CT molecular complexity index is 279. The highest BCUT2D eigenvalue weighted by Crippen LogP contribution is 2.22. The van der Waals surface area contributed by atoms with E-state index in [9.17, 15) is 4.79 Å². The first kappa shape index (κ1) is 18.2. The maximum atomic E-state index is 12.4. The molecule has 0 radical (unpaired) electrons. The first-order valence-corrected chi connectivity index (χ1v) is 7.35. The lowest BCUT2D eigenvalue weighted by Crippen LogP contribution is -2.45. The Balaban J connectivity index is 4.51. The van der Waals surface area contributed by atoms with E-state index in [1.165, 1.54) is 0 Å². The molecule has 0 aromatic carbocycles. The van der Waals surface area contributed by atoms with E-state index in [1.54, 1.807) is 6.08 Å². The molecule has 0 heterocycles. The summed E-state index contributed by atoms with van der Waals surface area (Å²) < 4.78 is 0. The molecule has 0 aliphatic carbocycles. The summed E-state index contributed by atoms with van der Waals surface area (Å²) in [5.74, 6) is 1.34. The van der Waals surface area contributed by atoms with Crippen molar-refractivity contribution in [2.45, 2.75) is 59.4 Å². The number of hydrogen-bond acceptors (Lipinski definition) is 2. The standard InChI is InChI=1S/C16H32N2O/c1-7-12-18(16(4,5)6)15(19)9-8-14(10-11-17)13(2)3/h7,13-14H,1,8-12,17H2,2-6H3. The summed E-state index contributed by atoms with van der Waals surface area (Å²) >= 11 is 0. The van der Waals surface area contributed by atoms with E-state index in [0.29, 0.717) is 31.3 Å². The van der Waals surface area contributed by atoms with Crippen LogP contribution in [0, 0.1) is 11.8 Å². The molecule has 0 saturated heterocycles. The summed E-state index contributed by atoms with van der Waals surface area (Å²) in [6.07, 6.45) is 4.33. The molecular formula is C16H32N2O. The highest BCUT2D eigenvalue weighted by atomic mass is 16.2. The van der Waals surface area contributed by atoms with Gasteiger partial charge in [-0.25, -0.2) is 0 Å². The lowest BCUT2D eigenvalue weighted by molar-refractivity contribution is -0.135. The van der Waals surface area contributed by atoms with Crippen LogP contribution in [-0.4, -0.2) is 29.4 Å². The van der Waals surface area contributed by atoms with Crippen LogP contribution in [0.4, 0.5) is 0 Å². The van der Waals surface area contributed by atoms with E-state index in [2.05, 4.69) is 41.2 Å². The zero-order chi connectivity index (χ0) is 15.1. The Morgan fingerprint density at radius 3 is 2.26 bits per heavy atom. The molecule has 0 aliphatic heterocycles. The van der Waals surface area contributed by atoms with Crippen molar-refractivity contribution in [3.63, 3.8) is 0 Å². The molecule has 2 N–H and O–H groups in total. The van der Waals surface area contributed by atoms with Crippen LogP contribution in [0.1, 0.15) is 53.9 Å². The second-order valence-electron chi connectivity index (χ2n) is 6.58. The monoisotopic (exact) mass is 268 g/mol. The van der Waals surface area contributed by atoms with Crippen molar-refractivity contribution < 1.29 is 4.79 Å². The first-order chi connectivity index (χ1) is 8.73. The minimum absolute atomic E-state index is 0.146. The lowest BCUT2D eigenvalue weighted by Gasteiger charge is -2.35. The van der Waals surface area contributed by atoms with Crippen molar-refractivity contribution in [3.05, 3.63) is 12.7 Å². The molecule has 19 heavy (non-hydrogen) atoms. The number of rotatable bonds is 8. The minimum Gasteiger partial charge on any atom is -0.334 e. The van der Waals surface area contributed by atoms with Crippen LogP contribution in [0.25, 0.3) is 0 Å². The van der Waals surface area contributed by atoms with E-state index in [-0.39, 0.29) is 11.4 Å². The second-order valence-corrected chi connectivity index (χ2v) is 6.58. The van der Waals surface area contributed by atoms with Gasteiger partial charge in [0.2, 0.25) is 5.91 Å². The maximum absolute atomic E-state index is 12.4. The van der Waals surface area contributed by atoms with Crippen LogP contribution in [0.5, 0.6) is 0 Å². The molecule has 112 valence electrons. The van der Waals surface area contributed by atoms with Gasteiger partial charge in [-0.05, 0) is 52.0 Å². The van der Waals surface area contributed by atoms with Crippen molar-refractivity contribution in [2.75, 3.05) is 13.1 Å². The molecule has 3 nitrogen and oxygen atoms in total. The predicted molar refractivity (Wildman–Crippen MR) is 82.9 cm³/mol. The molecule has 0 aromatic rings. The Hall–Kier alpha value is -0.830. The van der Waals surface area contributed by atoms with Gasteiger partial charge in [-0.1, -0.05) is 19.9 Å². The van der Waals surface area contributed by atoms with E-state index < -0.39 is 0 Å². The van der Waals surface area contributed by atoms with Gasteiger partial charge in [-0.3, -0.25) is 4.79 Å². The third-order valence-corrected chi connectivity index (χ3v) is 3.63. The van der Waals surface area contributed by atoms with Gasteiger partial charge < -0.3 is 10.6 Å². The highest BCUT2D eigenvalue weighted by molar-refractivity contribution is 5.77. The first-order valence-electron chi connectivity index (χ1n) is 7.35. The van der Waals surface area contributed by atoms with Gasteiger partial charge in [0.15, 0.2) is 0 Å². The number of nitrogens with two attached hydrogens (primary N) is 1. The lowest BCUT2D eigenvalue weighted by atomic mass is 9.88. The van der Waals surface area contributed by atoms with Gasteiger partial charge >= 0.3 is 0 Å². The molecule has 1 unspecified atom stereocenters. The second kappa shape index (κ2) is 8.36. The van der Waals surface area contributed by atoms with Crippen molar-refractivity contribution in [1.29, 1.82) is 0 Å². The molecule has 0 fully saturated rings. The molecule has 0 rings (SSSR count). The normalized spacial score (nSPS) is 13.4. The number of nitrogens with zero attached hydrogens (tertiary/aromatic N) is 1. The molecule has 0 bridgehead atoms. The topological polar surface area (TPSA) is 46.3 Å². The summed E-state index contributed by atoms with van der Waals surface area (Å²) in [4.78, 5) is 14.3. The van der Waals surface area contributed by atoms with Crippen LogP contribution in [-0.2, 0) is 4.79 Å². The molecule has 3 heteroatoms. The van der Waals surface area contributed by atoms with Crippen LogP contribution in [0.3, 0.4) is 0 Å². The maximum Gasteiger partial charge on any atom is 0.223 e. The number of carbonyl (C=O) groups excluding carboxylic acids is 1.